The van der Waals surface area contributed by atoms with Crippen molar-refractivity contribution >= 4 is 23.1 Å². The molecule has 1 heterocycles. The van der Waals surface area contributed by atoms with Gasteiger partial charge >= 0.3 is 0 Å². The van der Waals surface area contributed by atoms with Gasteiger partial charge in [-0.3, -0.25) is 9.59 Å². The molecule has 0 bridgehead atoms. The van der Waals surface area contributed by atoms with Crippen LogP contribution in [0.3, 0.4) is 0 Å². The fourth-order valence-corrected chi connectivity index (χ4v) is 2.90. The minimum Gasteiger partial charge on any atom is -0.268 e. The van der Waals surface area contributed by atoms with Crippen LogP contribution in [0.4, 0.5) is 5.69 Å². The predicted molar refractivity (Wildman–Crippen MR) is 88.0 cm³/mol. The zero-order valence-electron chi connectivity index (χ0n) is 12.7. The number of para-hydroxylation sites is 1. The largest absolute Gasteiger partial charge is 0.268 e. The topological polar surface area (TPSA) is 37.4 Å². The van der Waals surface area contributed by atoms with Crippen molar-refractivity contribution in [3.63, 3.8) is 0 Å². The Morgan fingerprint density at radius 2 is 1.50 bits per heavy atom. The summed E-state index contributed by atoms with van der Waals surface area (Å²) in [6, 6.07) is 14.5. The summed E-state index contributed by atoms with van der Waals surface area (Å²) in [5.41, 5.74) is 3.65. The van der Waals surface area contributed by atoms with Crippen LogP contribution in [0, 0.1) is 0 Å². The van der Waals surface area contributed by atoms with Crippen molar-refractivity contribution in [1.29, 1.82) is 0 Å². The highest BCUT2D eigenvalue weighted by molar-refractivity contribution is 6.34. The average molecular weight is 291 g/mol. The number of hydrogen-bond acceptors (Lipinski definition) is 2. The van der Waals surface area contributed by atoms with E-state index in [1.807, 2.05) is 37.3 Å². The molecule has 1 aliphatic heterocycles. The number of allylic oxidation sites excluding steroid dienone is 2. The first kappa shape index (κ1) is 14.3. The minimum absolute atomic E-state index is 0.250. The molecule has 0 saturated heterocycles. The van der Waals surface area contributed by atoms with E-state index in [1.165, 1.54) is 4.90 Å². The summed E-state index contributed by atoms with van der Waals surface area (Å²) in [4.78, 5) is 26.6. The Kier molecular flexibility index (Phi) is 3.63. The molecule has 0 unspecified atom stereocenters. The number of fused-ring (bicyclic) bond motifs is 1. The molecule has 2 amide bonds. The van der Waals surface area contributed by atoms with Crippen molar-refractivity contribution in [2.24, 2.45) is 0 Å². The number of benzene rings is 2. The van der Waals surface area contributed by atoms with Gasteiger partial charge in [0.2, 0.25) is 0 Å². The molecule has 0 radical (unpaired) electrons. The molecular weight excluding hydrogens is 274 g/mol. The Morgan fingerprint density at radius 1 is 0.955 bits per heavy atom. The van der Waals surface area contributed by atoms with Crippen LogP contribution in [-0.4, -0.2) is 11.8 Å². The number of hydrogen-bond donors (Lipinski definition) is 0. The smallest absolute Gasteiger partial charge is 0.266 e. The lowest BCUT2D eigenvalue weighted by Gasteiger charge is -2.19. The first-order valence-corrected chi connectivity index (χ1v) is 7.41. The highest BCUT2D eigenvalue weighted by atomic mass is 16.2. The molecule has 1 aliphatic rings. The summed E-state index contributed by atoms with van der Waals surface area (Å²) < 4.78 is 0. The third-order valence-electron chi connectivity index (χ3n) is 4.01. The van der Waals surface area contributed by atoms with Crippen LogP contribution in [0.25, 0.3) is 5.57 Å². The summed E-state index contributed by atoms with van der Waals surface area (Å²) in [6.07, 6.45) is 2.87. The molecule has 0 N–H and O–H groups in total. The molecule has 3 heteroatoms. The zero-order valence-corrected chi connectivity index (χ0v) is 12.7. The summed E-state index contributed by atoms with van der Waals surface area (Å²) in [5.74, 6) is -0.501. The molecule has 0 aliphatic carbocycles. The predicted octanol–water partition coefficient (Wildman–Crippen LogP) is 4.30. The summed E-state index contributed by atoms with van der Waals surface area (Å²) in [6.45, 7) is 4.03. The van der Waals surface area contributed by atoms with Gasteiger partial charge in [0, 0.05) is 5.56 Å². The maximum atomic E-state index is 12.6. The summed E-state index contributed by atoms with van der Waals surface area (Å²) >= 11 is 0. The highest BCUT2D eigenvalue weighted by Crippen LogP contribution is 2.34. The number of imide groups is 1. The Balaban J connectivity index is 2.15. The van der Waals surface area contributed by atoms with Gasteiger partial charge in [0.25, 0.3) is 11.8 Å². The summed E-state index contributed by atoms with van der Waals surface area (Å²) in [5, 5.41) is 0. The van der Waals surface area contributed by atoms with E-state index in [0.717, 1.165) is 17.6 Å². The number of carbonyl (C=O) groups is 2. The molecule has 0 spiro atoms. The van der Waals surface area contributed by atoms with Crippen molar-refractivity contribution < 1.29 is 9.59 Å². The number of nitrogens with zero attached hydrogens (tertiary/aromatic N) is 1. The second-order valence-electron chi connectivity index (χ2n) is 5.18. The molecule has 3 rings (SSSR count). The molecule has 0 fully saturated rings. The molecule has 2 aromatic rings. The fraction of sp³-hybridized carbons (Fsp3) is 0.158. The molecule has 110 valence electrons. The number of anilines is 1. The summed E-state index contributed by atoms with van der Waals surface area (Å²) in [7, 11) is 0. The second kappa shape index (κ2) is 5.60. The van der Waals surface area contributed by atoms with Crippen LogP contribution in [0.2, 0.25) is 0 Å². The lowest BCUT2D eigenvalue weighted by atomic mass is 10.0. The van der Waals surface area contributed by atoms with E-state index in [-0.39, 0.29) is 11.8 Å². The highest BCUT2D eigenvalue weighted by Gasteiger charge is 2.37. The van der Waals surface area contributed by atoms with Crippen molar-refractivity contribution in [2.45, 2.75) is 20.3 Å². The van der Waals surface area contributed by atoms with Gasteiger partial charge in [-0.25, -0.2) is 4.90 Å². The molecule has 0 aromatic heterocycles. The van der Waals surface area contributed by atoms with Crippen molar-refractivity contribution in [3.8, 4) is 0 Å². The van der Waals surface area contributed by atoms with Gasteiger partial charge in [-0.2, -0.15) is 0 Å². The van der Waals surface area contributed by atoms with E-state index < -0.39 is 0 Å². The Bertz CT molecular complexity index is 755. The normalized spacial score (nSPS) is 14.5. The average Bonchev–Trinajstić information content (AvgIpc) is 2.81. The van der Waals surface area contributed by atoms with E-state index in [0.29, 0.717) is 16.8 Å². The molecule has 2 aromatic carbocycles. The quantitative estimate of drug-likeness (QED) is 0.791. The monoisotopic (exact) mass is 291 g/mol. The standard InChI is InChI=1S/C19H17NO2/c1-3-13(4-2)14-9-7-8-12-17(14)20-18(21)15-10-5-6-11-16(15)19(20)22/h3,5-12H,4H2,1-2H3/b13-3-. The van der Waals surface area contributed by atoms with Gasteiger partial charge in [-0.05, 0) is 37.1 Å². The number of amides is 2. The first-order valence-electron chi connectivity index (χ1n) is 7.41. The van der Waals surface area contributed by atoms with E-state index in [1.54, 1.807) is 24.3 Å². The van der Waals surface area contributed by atoms with Gasteiger partial charge in [-0.1, -0.05) is 43.3 Å². The van der Waals surface area contributed by atoms with Crippen molar-refractivity contribution in [2.75, 3.05) is 4.90 Å². The zero-order chi connectivity index (χ0) is 15.7. The Hall–Kier alpha value is -2.68. The fourth-order valence-electron chi connectivity index (χ4n) is 2.90. The van der Waals surface area contributed by atoms with Crippen LogP contribution in [0.1, 0.15) is 46.5 Å². The van der Waals surface area contributed by atoms with Gasteiger partial charge < -0.3 is 0 Å². The second-order valence-corrected chi connectivity index (χ2v) is 5.18. The van der Waals surface area contributed by atoms with Crippen molar-refractivity contribution in [1.82, 2.24) is 0 Å². The molecular formula is C19H17NO2. The van der Waals surface area contributed by atoms with Gasteiger partial charge in [-0.15, -0.1) is 0 Å². The van der Waals surface area contributed by atoms with E-state index >= 15 is 0 Å². The van der Waals surface area contributed by atoms with Crippen LogP contribution in [0.5, 0.6) is 0 Å². The van der Waals surface area contributed by atoms with Gasteiger partial charge in [0.1, 0.15) is 0 Å². The Labute approximate surface area is 129 Å². The molecule has 0 saturated carbocycles. The maximum Gasteiger partial charge on any atom is 0.266 e. The van der Waals surface area contributed by atoms with Crippen LogP contribution >= 0.6 is 0 Å². The SMILES string of the molecule is C/C=C(/CC)c1ccccc1N1C(=O)c2ccccc2C1=O. The lowest BCUT2D eigenvalue weighted by Crippen LogP contribution is -2.30. The van der Waals surface area contributed by atoms with Crippen LogP contribution in [0.15, 0.2) is 54.6 Å². The molecule has 3 nitrogen and oxygen atoms in total. The van der Waals surface area contributed by atoms with E-state index in [9.17, 15) is 9.59 Å². The van der Waals surface area contributed by atoms with Crippen LogP contribution in [-0.2, 0) is 0 Å². The van der Waals surface area contributed by atoms with E-state index in [2.05, 4.69) is 6.92 Å². The minimum atomic E-state index is -0.250. The third-order valence-corrected chi connectivity index (χ3v) is 4.01. The Morgan fingerprint density at radius 3 is 2.05 bits per heavy atom. The van der Waals surface area contributed by atoms with Crippen LogP contribution < -0.4 is 4.90 Å². The van der Waals surface area contributed by atoms with E-state index in [4.69, 9.17) is 0 Å². The number of rotatable bonds is 3. The number of carbonyl (C=O) groups excluding carboxylic acids is 2. The van der Waals surface area contributed by atoms with Gasteiger partial charge in [0.15, 0.2) is 0 Å². The third kappa shape index (κ3) is 2.06. The molecule has 0 atom stereocenters. The molecule has 22 heavy (non-hydrogen) atoms. The maximum absolute atomic E-state index is 12.6. The first-order chi connectivity index (χ1) is 10.7. The van der Waals surface area contributed by atoms with Crippen molar-refractivity contribution in [3.05, 3.63) is 71.3 Å². The lowest BCUT2D eigenvalue weighted by molar-refractivity contribution is 0.0926. The van der Waals surface area contributed by atoms with Gasteiger partial charge in [0.05, 0.1) is 16.8 Å².